The van der Waals surface area contributed by atoms with Crippen LogP contribution >= 0.6 is 0 Å². The summed E-state index contributed by atoms with van der Waals surface area (Å²) in [4.78, 5) is 3.88. The summed E-state index contributed by atoms with van der Waals surface area (Å²) in [5, 5.41) is 3.51. The summed E-state index contributed by atoms with van der Waals surface area (Å²) < 4.78 is 0. The summed E-state index contributed by atoms with van der Waals surface area (Å²) in [6, 6.07) is 0.737. The molecular weight excluding hydrogens is 230 g/mol. The first-order chi connectivity index (χ1) is 5.84. The highest BCUT2D eigenvalue weighted by atomic mass is 79.9. The SMILES string of the molecule is C[NH+]1C=CN(C[C@@H]2CCCN2)C1.[Br-]. The third kappa shape index (κ3) is 2.97. The number of rotatable bonds is 2. The van der Waals surface area contributed by atoms with Crippen LogP contribution in [0.15, 0.2) is 12.4 Å². The standard InChI is InChI=1S/C9H17N3.BrH/c1-11-5-6-12(8-11)7-9-3-2-4-10-9;/h5-6,9-10H,2-4,7-8H2,1H3;1H/t9-;/m0./s1. The molecule has 76 valence electrons. The van der Waals surface area contributed by atoms with Gasteiger partial charge >= 0.3 is 0 Å². The summed E-state index contributed by atoms with van der Waals surface area (Å²) in [6.07, 6.45) is 7.14. The second kappa shape index (κ2) is 4.98. The lowest BCUT2D eigenvalue weighted by atomic mass is 10.2. The van der Waals surface area contributed by atoms with E-state index in [1.54, 1.807) is 0 Å². The van der Waals surface area contributed by atoms with Crippen LogP contribution in [0, 0.1) is 0 Å². The van der Waals surface area contributed by atoms with E-state index >= 15 is 0 Å². The van der Waals surface area contributed by atoms with Gasteiger partial charge in [-0.25, -0.2) is 0 Å². The van der Waals surface area contributed by atoms with Gasteiger partial charge in [0.2, 0.25) is 0 Å². The second-order valence-electron chi connectivity index (χ2n) is 3.88. The Morgan fingerprint density at radius 1 is 1.62 bits per heavy atom. The van der Waals surface area contributed by atoms with E-state index in [0.29, 0.717) is 0 Å². The van der Waals surface area contributed by atoms with Crippen molar-refractivity contribution in [1.82, 2.24) is 10.2 Å². The minimum absolute atomic E-state index is 0. The van der Waals surface area contributed by atoms with Gasteiger partial charge in [0.05, 0.1) is 13.2 Å². The van der Waals surface area contributed by atoms with Gasteiger partial charge in [-0.05, 0) is 19.4 Å². The average Bonchev–Trinajstić information content (AvgIpc) is 2.63. The number of quaternary nitrogens is 1. The van der Waals surface area contributed by atoms with Crippen LogP contribution in [0.2, 0.25) is 0 Å². The molecule has 2 aliphatic rings. The highest BCUT2D eigenvalue weighted by Gasteiger charge is 2.20. The Hall–Kier alpha value is -0.0600. The van der Waals surface area contributed by atoms with Crippen molar-refractivity contribution < 1.29 is 21.9 Å². The van der Waals surface area contributed by atoms with Crippen LogP contribution in [0.4, 0.5) is 0 Å². The van der Waals surface area contributed by atoms with Gasteiger partial charge in [0.1, 0.15) is 6.20 Å². The fourth-order valence-electron chi connectivity index (χ4n) is 1.98. The molecule has 2 atom stereocenters. The molecule has 1 fully saturated rings. The van der Waals surface area contributed by atoms with E-state index < -0.39 is 0 Å². The van der Waals surface area contributed by atoms with Crippen molar-refractivity contribution in [3.63, 3.8) is 0 Å². The molecule has 13 heavy (non-hydrogen) atoms. The highest BCUT2D eigenvalue weighted by molar-refractivity contribution is 4.84. The molecule has 0 amide bonds. The Morgan fingerprint density at radius 2 is 2.46 bits per heavy atom. The van der Waals surface area contributed by atoms with Crippen LogP contribution < -0.4 is 27.2 Å². The van der Waals surface area contributed by atoms with Gasteiger partial charge in [0.15, 0.2) is 6.67 Å². The first-order valence-corrected chi connectivity index (χ1v) is 4.82. The molecular formula is C9H18BrN3. The molecule has 0 saturated carbocycles. The monoisotopic (exact) mass is 247 g/mol. The van der Waals surface area contributed by atoms with Crippen molar-refractivity contribution in [3.05, 3.63) is 12.4 Å². The summed E-state index contributed by atoms with van der Waals surface area (Å²) in [5.74, 6) is 0. The third-order valence-electron chi connectivity index (χ3n) is 2.64. The average molecular weight is 248 g/mol. The first-order valence-electron chi connectivity index (χ1n) is 4.82. The van der Waals surface area contributed by atoms with Crippen LogP contribution in [0.5, 0.6) is 0 Å². The molecule has 2 heterocycles. The van der Waals surface area contributed by atoms with Gasteiger partial charge in [-0.1, -0.05) is 0 Å². The normalized spacial score (nSPS) is 32.2. The quantitative estimate of drug-likeness (QED) is 0.519. The fraction of sp³-hybridized carbons (Fsp3) is 0.778. The Kier molecular flexibility index (Phi) is 4.22. The summed E-state index contributed by atoms with van der Waals surface area (Å²) in [7, 11) is 2.19. The molecule has 0 aromatic heterocycles. The van der Waals surface area contributed by atoms with E-state index in [2.05, 4.69) is 29.7 Å². The second-order valence-corrected chi connectivity index (χ2v) is 3.88. The Labute approximate surface area is 90.5 Å². The summed E-state index contributed by atoms with van der Waals surface area (Å²) in [6.45, 7) is 3.54. The van der Waals surface area contributed by atoms with Gasteiger partial charge in [0.25, 0.3) is 0 Å². The number of hydrogen-bond donors (Lipinski definition) is 2. The zero-order valence-electron chi connectivity index (χ0n) is 8.09. The van der Waals surface area contributed by atoms with Gasteiger partial charge in [0, 0.05) is 12.6 Å². The maximum atomic E-state index is 3.51. The van der Waals surface area contributed by atoms with Crippen molar-refractivity contribution in [3.8, 4) is 0 Å². The van der Waals surface area contributed by atoms with E-state index in [9.17, 15) is 0 Å². The Morgan fingerprint density at radius 3 is 3.00 bits per heavy atom. The lowest BCUT2D eigenvalue weighted by molar-refractivity contribution is -0.826. The third-order valence-corrected chi connectivity index (χ3v) is 2.64. The summed E-state index contributed by atoms with van der Waals surface area (Å²) in [5.41, 5.74) is 0. The minimum Gasteiger partial charge on any atom is -1.00 e. The van der Waals surface area contributed by atoms with Gasteiger partial charge < -0.3 is 27.2 Å². The van der Waals surface area contributed by atoms with Crippen LogP contribution in [0.3, 0.4) is 0 Å². The summed E-state index contributed by atoms with van der Waals surface area (Å²) >= 11 is 0. The molecule has 0 bridgehead atoms. The molecule has 0 radical (unpaired) electrons. The van der Waals surface area contributed by atoms with Crippen LogP contribution in [-0.2, 0) is 0 Å². The van der Waals surface area contributed by atoms with E-state index in [4.69, 9.17) is 0 Å². The van der Waals surface area contributed by atoms with Gasteiger partial charge in [-0.15, -0.1) is 0 Å². The molecule has 0 aromatic carbocycles. The maximum absolute atomic E-state index is 3.51. The molecule has 3 nitrogen and oxygen atoms in total. The van der Waals surface area contributed by atoms with Crippen molar-refractivity contribution in [2.75, 3.05) is 26.8 Å². The molecule has 2 aliphatic heterocycles. The van der Waals surface area contributed by atoms with E-state index in [0.717, 1.165) is 12.7 Å². The molecule has 1 saturated heterocycles. The van der Waals surface area contributed by atoms with E-state index in [1.165, 1.54) is 30.8 Å². The van der Waals surface area contributed by atoms with Gasteiger partial charge in [-0.3, -0.25) is 4.90 Å². The molecule has 0 aromatic rings. The van der Waals surface area contributed by atoms with Crippen LogP contribution in [0.25, 0.3) is 0 Å². The molecule has 0 spiro atoms. The first kappa shape index (κ1) is 11.0. The Bertz CT molecular complexity index is 178. The minimum atomic E-state index is 0. The van der Waals surface area contributed by atoms with E-state index in [-0.39, 0.29) is 17.0 Å². The molecule has 4 heteroatoms. The zero-order chi connectivity index (χ0) is 8.39. The Balaban J connectivity index is 0.000000845. The lowest BCUT2D eigenvalue weighted by Crippen LogP contribution is -3.03. The number of halogens is 1. The molecule has 2 N–H and O–H groups in total. The highest BCUT2D eigenvalue weighted by Crippen LogP contribution is 2.06. The van der Waals surface area contributed by atoms with Crippen molar-refractivity contribution in [1.29, 1.82) is 0 Å². The smallest absolute Gasteiger partial charge is 0.156 e. The lowest BCUT2D eigenvalue weighted by Gasteiger charge is -2.19. The predicted octanol–water partition coefficient (Wildman–Crippen LogP) is -4.00. The fourth-order valence-corrected chi connectivity index (χ4v) is 1.98. The molecule has 2 rings (SSSR count). The topological polar surface area (TPSA) is 19.7 Å². The number of nitrogens with one attached hydrogen (secondary N) is 2. The predicted molar refractivity (Wildman–Crippen MR) is 48.6 cm³/mol. The maximum Gasteiger partial charge on any atom is 0.156 e. The largest absolute Gasteiger partial charge is 1.00 e. The van der Waals surface area contributed by atoms with E-state index in [1.807, 2.05) is 0 Å². The number of hydrogen-bond acceptors (Lipinski definition) is 2. The molecule has 1 unspecified atom stereocenters. The van der Waals surface area contributed by atoms with Crippen molar-refractivity contribution in [2.24, 2.45) is 0 Å². The van der Waals surface area contributed by atoms with Crippen molar-refractivity contribution >= 4 is 0 Å². The van der Waals surface area contributed by atoms with Gasteiger partial charge in [-0.2, -0.15) is 0 Å². The zero-order valence-corrected chi connectivity index (χ0v) is 9.68. The van der Waals surface area contributed by atoms with Crippen LogP contribution in [-0.4, -0.2) is 37.7 Å². The van der Waals surface area contributed by atoms with Crippen LogP contribution in [0.1, 0.15) is 12.8 Å². The number of nitrogens with zero attached hydrogens (tertiary/aromatic N) is 1. The van der Waals surface area contributed by atoms with Crippen molar-refractivity contribution in [2.45, 2.75) is 18.9 Å². The molecule has 0 aliphatic carbocycles.